The minimum Gasteiger partial charge on any atom is -2.00 e. The van der Waals surface area contributed by atoms with Crippen LogP contribution in [0.25, 0.3) is 0 Å². The van der Waals surface area contributed by atoms with Gasteiger partial charge in [-0.1, -0.05) is 0 Å². The third-order valence-corrected chi connectivity index (χ3v) is 0. The molecule has 0 spiro atoms. The van der Waals surface area contributed by atoms with Crippen LogP contribution in [0.15, 0.2) is 0 Å². The average molecular weight is 1890 g/mol. The minimum atomic E-state index is -4.67. The molecule has 0 saturated heterocycles. The van der Waals surface area contributed by atoms with Crippen LogP contribution < -0.4 is 0 Å². The van der Waals surface area contributed by atoms with Crippen LogP contribution in [0.1, 0.15) is 0 Å². The Bertz CT molecular complexity index is 671. The van der Waals surface area contributed by atoms with Crippen molar-refractivity contribution in [2.45, 2.75) is 0 Å². The summed E-state index contributed by atoms with van der Waals surface area (Å²) in [5.41, 5.74) is 0. The van der Waals surface area contributed by atoms with Crippen molar-refractivity contribution in [3.63, 3.8) is 0 Å². The van der Waals surface area contributed by atoms with E-state index in [4.69, 9.17) is 87.6 Å². The van der Waals surface area contributed by atoms with E-state index >= 15 is 0 Å². The topological polar surface area (TPSA) is 816 Å². The van der Waals surface area contributed by atoms with Crippen LogP contribution in [0.2, 0.25) is 0 Å². The summed E-state index contributed by atoms with van der Waals surface area (Å²) in [6.07, 6.45) is 0. The Balaban J connectivity index is -0.00000000255. The van der Waals surface area contributed by atoms with Crippen LogP contribution in [0.4, 0.5) is 0 Å². The van der Waals surface area contributed by atoms with E-state index in [0.717, 1.165) is 0 Å². The van der Waals surface area contributed by atoms with Gasteiger partial charge in [0, 0.05) is 0 Å². The van der Waals surface area contributed by atoms with Gasteiger partial charge in [0.2, 0.25) is 0 Å². The molecule has 0 unspecified atom stereocenters. The molecule has 54 heteroatoms. The Labute approximate surface area is 666 Å². The van der Waals surface area contributed by atoms with Crippen molar-refractivity contribution < 1.29 is 170 Å². The Morgan fingerprint density at radius 2 is 0.185 bits per heavy atom. The van der Waals surface area contributed by atoms with Gasteiger partial charge in [-0.25, -0.2) is 0 Å². The molecule has 54 heavy (non-hydrogen) atoms. The summed E-state index contributed by atoms with van der Waals surface area (Å²) in [6.45, 7) is 0. The Kier molecular flexibility index (Phi) is 743. The van der Waals surface area contributed by atoms with Crippen LogP contribution in [-0.4, -0.2) is 579 Å². The number of hydrogen-bond acceptors (Lipinski definition) is 10. The van der Waals surface area contributed by atoms with E-state index in [0.29, 0.717) is 0 Å². The van der Waals surface area contributed by atoms with E-state index < -0.39 is 52.0 Å². The summed E-state index contributed by atoms with van der Waals surface area (Å²) < 4.78 is 158. The first-order valence-corrected chi connectivity index (χ1v) is 10.5. The van der Waals surface area contributed by atoms with Crippen molar-refractivity contribution in [1.29, 1.82) is 0 Å². The third-order valence-electron chi connectivity index (χ3n) is 0. The summed E-state index contributed by atoms with van der Waals surface area (Å²) >= 11 is 0. The van der Waals surface area contributed by atoms with Crippen LogP contribution in [-0.2, 0) is 107 Å². The van der Waals surface area contributed by atoms with Gasteiger partial charge >= 0.3 is 516 Å². The van der Waals surface area contributed by atoms with Crippen LogP contribution >= 0.6 is 0 Å². The maximum absolute atomic E-state index is 8.74. The van der Waals surface area contributed by atoms with Gasteiger partial charge in [-0.15, -0.1) is 0 Å². The summed E-state index contributed by atoms with van der Waals surface area (Å²) in [6, 6.07) is 0. The second kappa shape index (κ2) is 151. The van der Waals surface area contributed by atoms with Crippen molar-refractivity contribution in [2.24, 2.45) is 0 Å². The Morgan fingerprint density at radius 3 is 0.185 bits per heavy atom. The number of rotatable bonds is 0. The molecule has 0 atom stereocenters. The molecule has 0 amide bonds. The van der Waals surface area contributed by atoms with E-state index in [1.807, 2.05) is 0 Å². The van der Waals surface area contributed by atoms with Gasteiger partial charge in [0.25, 0.3) is 0 Å². The van der Waals surface area contributed by atoms with Crippen molar-refractivity contribution in [1.82, 2.24) is 0 Å². The molecular weight excluding hydrogens is 1870 g/mol. The second-order valence-electron chi connectivity index (χ2n) is 2.24. The average Bonchev–Trinajstić information content (AvgIpc) is 1.79. The van der Waals surface area contributed by atoms with Crippen molar-refractivity contribution in [3.05, 3.63) is 0 Å². The quantitative estimate of drug-likeness (QED) is 0.0795. The van der Waals surface area contributed by atoms with E-state index in [1.165, 1.54) is 0 Å². The fourth-order valence-corrected chi connectivity index (χ4v) is 0. The first-order valence-electron chi connectivity index (χ1n) is 3.49. The van der Waals surface area contributed by atoms with Crippen molar-refractivity contribution in [2.75, 3.05) is 0 Å². The minimum absolute atomic E-state index is 0. The molecule has 280 valence electrons. The molecule has 0 fully saturated rings. The molecule has 0 heterocycles. The molecule has 0 rings (SSSR count). The molecule has 0 aromatic rings. The summed E-state index contributed by atoms with van der Waals surface area (Å²) in [4.78, 5) is 0. The van der Waals surface area contributed by atoms with Crippen LogP contribution in [0.5, 0.6) is 0 Å². The van der Waals surface area contributed by atoms with Gasteiger partial charge in [0.05, 0.1) is 0 Å². The van der Waals surface area contributed by atoms with Gasteiger partial charge in [-0.2, -0.15) is 42.1 Å². The van der Waals surface area contributed by atoms with Crippen molar-refractivity contribution >= 4 is 516 Å². The van der Waals surface area contributed by atoms with Gasteiger partial charge in [-0.05, 0) is 0 Å². The summed E-state index contributed by atoms with van der Waals surface area (Å²) in [7, 11) is -23.3. The fourth-order valence-electron chi connectivity index (χ4n) is 0. The molecule has 0 radical (unpaired) electrons. The molecule has 0 aromatic carbocycles. The normalized spacial score (nSPS) is 5.37. The molecule has 0 saturated carbocycles. The van der Waals surface area contributed by atoms with Gasteiger partial charge in [0.1, 0.15) is 0 Å². The first kappa shape index (κ1) is 266. The van der Waals surface area contributed by atoms with E-state index in [9.17, 15) is 0 Å². The molecule has 20 N–H and O–H groups in total. The zero-order chi connectivity index (χ0) is 22.5. The molecule has 35 nitrogen and oxygen atoms in total. The Morgan fingerprint density at radius 1 is 0.185 bits per heavy atom. The predicted molar refractivity (Wildman–Crippen MR) is 176 cm³/mol. The SMILES string of the molecule is O.O.O.O.O.O=S(=O)(O)O.O=S(=O)(O)O.O=S(=O)(O)O.O=S(=O)(O)O.O=S(=O)(O)O.[Al+3].[Al+3].[Al+3].[Al+3].[Al+3].[Al+3].[Al+3].[Ba+2].[Ba+2].[Ba+2].[Ba+2].[Ba+2].[Ba+2].[Ba+2].[O-2].[O-2].[O-2].[O-2].[O-2].[O-2].[O-2].[O-2].[O-2].[O-2]. The summed E-state index contributed by atoms with van der Waals surface area (Å²) in [5.74, 6) is 0. The van der Waals surface area contributed by atoms with Gasteiger partial charge in [0.15, 0.2) is 0 Å². The molecule has 0 bridgehead atoms. The molecule has 0 aliphatic rings. The monoisotopic (exact) mass is 1890 g/mol. The fraction of sp³-hybridized carbons (Fsp3) is 0. The second-order valence-corrected chi connectivity index (χ2v) is 6.72. The zero-order valence-corrected chi connectivity index (χ0v) is 69.4. The smallest absolute Gasteiger partial charge is 2.00 e. The number of hydrogen-bond donors (Lipinski definition) is 10. The van der Waals surface area contributed by atoms with E-state index in [1.54, 1.807) is 0 Å². The Hall–Kier alpha value is 13.5. The van der Waals surface area contributed by atoms with Crippen LogP contribution in [0.3, 0.4) is 0 Å². The predicted octanol–water partition coefficient (Wildman–Crippen LogP) is -13.9. The van der Waals surface area contributed by atoms with Crippen LogP contribution in [0, 0.1) is 0 Å². The molecule has 0 aliphatic heterocycles. The maximum atomic E-state index is 8.74. The van der Waals surface area contributed by atoms with E-state index in [2.05, 4.69) is 0 Å². The van der Waals surface area contributed by atoms with Gasteiger partial charge in [-0.3, -0.25) is 45.5 Å². The maximum Gasteiger partial charge on any atom is 3.00 e. The largest absolute Gasteiger partial charge is 3.00 e. The molecule has 0 aliphatic carbocycles. The van der Waals surface area contributed by atoms with E-state index in [-0.39, 0.29) is 546 Å². The van der Waals surface area contributed by atoms with Gasteiger partial charge < -0.3 is 82.1 Å². The van der Waals surface area contributed by atoms with Crippen molar-refractivity contribution in [3.8, 4) is 0 Å². The standard InChI is InChI=1S/7Al.7Ba.5H2O4S.5H2O.10O/c;;;;;;;;;;;;;;5*1-5(2,3)4;;;;;;;;;;;;;;;/h;;;;;;;;;;;;;;5*(H2,1,2,3,4);5*1H2;;;;;;;;;;/q7*+3;7*+2;;;;;;;;;;;10*-2. The first-order chi connectivity index (χ1) is 10.0. The summed E-state index contributed by atoms with van der Waals surface area (Å²) in [5, 5.41) is 0. The third kappa shape index (κ3) is 1500. The molecule has 0 aromatic heterocycles. The zero-order valence-electron chi connectivity index (χ0n) is 26.2. The molecular formula is H20Al7Ba7O35S5+15.